The highest BCUT2D eigenvalue weighted by Gasteiger charge is 2.16. The Kier molecular flexibility index (Phi) is 6.46. The molecule has 1 N–H and O–H groups in total. The molecule has 8 heteroatoms. The van der Waals surface area contributed by atoms with Crippen molar-refractivity contribution in [3.63, 3.8) is 0 Å². The van der Waals surface area contributed by atoms with E-state index in [1.807, 2.05) is 26.0 Å². The summed E-state index contributed by atoms with van der Waals surface area (Å²) in [6.07, 6.45) is -0.148. The number of carbonyl (C=O) groups excluding carboxylic acids is 2. The van der Waals surface area contributed by atoms with Crippen LogP contribution in [0.2, 0.25) is 0 Å². The smallest absolute Gasteiger partial charge is 0.307 e. The first-order valence-electron chi connectivity index (χ1n) is 7.59. The normalized spacial score (nSPS) is 11.3. The van der Waals surface area contributed by atoms with Crippen LogP contribution in [0.4, 0.5) is 0 Å². The predicted octanol–water partition coefficient (Wildman–Crippen LogP) is 2.46. The molecular formula is C17H19NO5S2. The number of benzene rings is 1. The molecule has 1 heterocycles. The molecule has 2 rings (SSSR count). The SMILES string of the molecule is Cc1ccc(C)c(C(=O)COC(=O)CCNS(=O)(=O)c2cccs2)c1. The number of aryl methyl sites for hydroxylation is 2. The number of thiophene rings is 1. The van der Waals surface area contributed by atoms with E-state index < -0.39 is 16.0 Å². The second kappa shape index (κ2) is 8.37. The Balaban J connectivity index is 1.79. The summed E-state index contributed by atoms with van der Waals surface area (Å²) in [5.74, 6) is -0.916. The molecule has 0 amide bonds. The van der Waals surface area contributed by atoms with E-state index in [1.54, 1.807) is 17.5 Å². The standard InChI is InChI=1S/C17H19NO5S2/c1-12-5-6-13(2)14(10-12)15(19)11-23-16(20)7-8-18-25(21,22)17-4-3-9-24-17/h3-6,9-10,18H,7-8,11H2,1-2H3. The molecule has 1 aromatic heterocycles. The third-order valence-electron chi connectivity index (χ3n) is 3.44. The Morgan fingerprint density at radius 2 is 1.96 bits per heavy atom. The highest BCUT2D eigenvalue weighted by Crippen LogP contribution is 2.15. The third kappa shape index (κ3) is 5.48. The zero-order valence-electron chi connectivity index (χ0n) is 13.9. The van der Waals surface area contributed by atoms with Gasteiger partial charge in [0.15, 0.2) is 6.61 Å². The highest BCUT2D eigenvalue weighted by molar-refractivity contribution is 7.91. The van der Waals surface area contributed by atoms with Gasteiger partial charge in [-0.05, 0) is 36.9 Å². The molecule has 134 valence electrons. The number of ketones is 1. The molecule has 0 spiro atoms. The van der Waals surface area contributed by atoms with Gasteiger partial charge in [0, 0.05) is 12.1 Å². The lowest BCUT2D eigenvalue weighted by atomic mass is 10.0. The van der Waals surface area contributed by atoms with Crippen LogP contribution in [-0.2, 0) is 19.6 Å². The van der Waals surface area contributed by atoms with Gasteiger partial charge in [-0.1, -0.05) is 23.8 Å². The molecule has 0 saturated heterocycles. The van der Waals surface area contributed by atoms with Gasteiger partial charge in [-0.2, -0.15) is 0 Å². The van der Waals surface area contributed by atoms with Gasteiger partial charge in [0.2, 0.25) is 15.8 Å². The maximum absolute atomic E-state index is 12.1. The van der Waals surface area contributed by atoms with Gasteiger partial charge in [0.1, 0.15) is 4.21 Å². The van der Waals surface area contributed by atoms with Crippen molar-refractivity contribution in [2.45, 2.75) is 24.5 Å². The number of rotatable bonds is 8. The van der Waals surface area contributed by atoms with Gasteiger partial charge in [0.05, 0.1) is 6.42 Å². The maximum atomic E-state index is 12.1. The summed E-state index contributed by atoms with van der Waals surface area (Å²) in [6, 6.07) is 8.60. The van der Waals surface area contributed by atoms with E-state index in [0.29, 0.717) is 5.56 Å². The Morgan fingerprint density at radius 1 is 1.20 bits per heavy atom. The molecule has 0 bridgehead atoms. The van der Waals surface area contributed by atoms with Crippen molar-refractivity contribution in [1.29, 1.82) is 0 Å². The lowest BCUT2D eigenvalue weighted by Gasteiger charge is -2.08. The summed E-state index contributed by atoms with van der Waals surface area (Å²) >= 11 is 1.09. The van der Waals surface area contributed by atoms with E-state index in [4.69, 9.17) is 4.74 Å². The van der Waals surface area contributed by atoms with Crippen molar-refractivity contribution < 1.29 is 22.7 Å². The molecule has 0 aliphatic carbocycles. The lowest BCUT2D eigenvalue weighted by molar-refractivity contribution is -0.142. The molecule has 0 fully saturated rings. The zero-order chi connectivity index (χ0) is 18.4. The van der Waals surface area contributed by atoms with Crippen LogP contribution in [0.15, 0.2) is 39.9 Å². The Morgan fingerprint density at radius 3 is 2.64 bits per heavy atom. The van der Waals surface area contributed by atoms with E-state index in [0.717, 1.165) is 22.5 Å². The molecule has 25 heavy (non-hydrogen) atoms. The number of carbonyl (C=O) groups is 2. The monoisotopic (exact) mass is 381 g/mol. The molecule has 2 aromatic rings. The van der Waals surface area contributed by atoms with Crippen LogP contribution in [0.1, 0.15) is 27.9 Å². The van der Waals surface area contributed by atoms with Crippen molar-refractivity contribution in [2.75, 3.05) is 13.2 Å². The Hall–Kier alpha value is -2.03. The van der Waals surface area contributed by atoms with Crippen LogP contribution in [0.5, 0.6) is 0 Å². The summed E-state index contributed by atoms with van der Waals surface area (Å²) in [4.78, 5) is 23.8. The van der Waals surface area contributed by atoms with Gasteiger partial charge in [-0.25, -0.2) is 13.1 Å². The zero-order valence-corrected chi connectivity index (χ0v) is 15.6. The number of esters is 1. The van der Waals surface area contributed by atoms with E-state index in [-0.39, 0.29) is 29.6 Å². The fourth-order valence-corrected chi connectivity index (χ4v) is 4.18. The lowest BCUT2D eigenvalue weighted by Crippen LogP contribution is -2.26. The minimum atomic E-state index is -3.60. The number of nitrogens with one attached hydrogen (secondary N) is 1. The van der Waals surface area contributed by atoms with Crippen LogP contribution in [0.25, 0.3) is 0 Å². The van der Waals surface area contributed by atoms with Crippen molar-refractivity contribution in [1.82, 2.24) is 4.72 Å². The summed E-state index contributed by atoms with van der Waals surface area (Å²) in [5.41, 5.74) is 2.28. The van der Waals surface area contributed by atoms with Crippen molar-refractivity contribution in [3.8, 4) is 0 Å². The van der Waals surface area contributed by atoms with Gasteiger partial charge in [-0.15, -0.1) is 11.3 Å². The molecule has 0 atom stereocenters. The Bertz CT molecular complexity index is 857. The largest absolute Gasteiger partial charge is 0.457 e. The first-order chi connectivity index (χ1) is 11.8. The van der Waals surface area contributed by atoms with Crippen molar-refractivity contribution in [2.24, 2.45) is 0 Å². The highest BCUT2D eigenvalue weighted by atomic mass is 32.2. The third-order valence-corrected chi connectivity index (χ3v) is 6.30. The maximum Gasteiger partial charge on any atom is 0.307 e. The van der Waals surface area contributed by atoms with E-state index in [1.165, 1.54) is 6.07 Å². The average molecular weight is 381 g/mol. The van der Waals surface area contributed by atoms with Gasteiger partial charge in [-0.3, -0.25) is 9.59 Å². The van der Waals surface area contributed by atoms with Crippen molar-refractivity contribution in [3.05, 3.63) is 52.4 Å². The fourth-order valence-electron chi connectivity index (χ4n) is 2.11. The van der Waals surface area contributed by atoms with Gasteiger partial charge in [0.25, 0.3) is 0 Å². The quantitative estimate of drug-likeness (QED) is 0.560. The van der Waals surface area contributed by atoms with Crippen LogP contribution >= 0.6 is 11.3 Å². The summed E-state index contributed by atoms with van der Waals surface area (Å²) in [6.45, 7) is 3.24. The summed E-state index contributed by atoms with van der Waals surface area (Å²) in [5, 5.41) is 1.65. The Labute approximate surface area is 150 Å². The van der Waals surface area contributed by atoms with E-state index in [9.17, 15) is 18.0 Å². The van der Waals surface area contributed by atoms with Crippen LogP contribution < -0.4 is 4.72 Å². The number of hydrogen-bond acceptors (Lipinski definition) is 6. The van der Waals surface area contributed by atoms with Crippen LogP contribution in [-0.4, -0.2) is 33.3 Å². The number of hydrogen-bond donors (Lipinski definition) is 1. The minimum absolute atomic E-state index is 0.0866. The summed E-state index contributed by atoms with van der Waals surface area (Å²) in [7, 11) is -3.60. The second-order valence-corrected chi connectivity index (χ2v) is 8.42. The molecular weight excluding hydrogens is 362 g/mol. The fraction of sp³-hybridized carbons (Fsp3) is 0.294. The topological polar surface area (TPSA) is 89.5 Å². The van der Waals surface area contributed by atoms with E-state index in [2.05, 4.69) is 4.72 Å². The van der Waals surface area contributed by atoms with Crippen LogP contribution in [0.3, 0.4) is 0 Å². The average Bonchev–Trinajstić information content (AvgIpc) is 3.10. The van der Waals surface area contributed by atoms with E-state index >= 15 is 0 Å². The van der Waals surface area contributed by atoms with Crippen molar-refractivity contribution >= 4 is 33.1 Å². The molecule has 0 unspecified atom stereocenters. The molecule has 6 nitrogen and oxygen atoms in total. The van der Waals surface area contributed by atoms with Gasteiger partial charge < -0.3 is 4.74 Å². The first-order valence-corrected chi connectivity index (χ1v) is 9.95. The second-order valence-electron chi connectivity index (χ2n) is 5.48. The molecule has 0 radical (unpaired) electrons. The molecule has 0 aliphatic rings. The molecule has 0 aliphatic heterocycles. The minimum Gasteiger partial charge on any atom is -0.457 e. The molecule has 1 aromatic carbocycles. The van der Waals surface area contributed by atoms with Crippen LogP contribution in [0, 0.1) is 13.8 Å². The first kappa shape index (κ1) is 19.3. The predicted molar refractivity (Wildman–Crippen MR) is 95.3 cm³/mol. The summed E-state index contributed by atoms with van der Waals surface area (Å²) < 4.78 is 31.2. The van der Waals surface area contributed by atoms with Gasteiger partial charge >= 0.3 is 5.97 Å². The molecule has 0 saturated carbocycles. The number of Topliss-reactive ketones (excluding diaryl/α,β-unsaturated/α-hetero) is 1. The number of sulfonamides is 1. The number of ether oxygens (including phenoxy) is 1.